The van der Waals surface area contributed by atoms with Gasteiger partial charge in [0, 0.05) is 25.4 Å². The lowest BCUT2D eigenvalue weighted by atomic mass is 9.98. The molecule has 1 aliphatic heterocycles. The lowest BCUT2D eigenvalue weighted by Gasteiger charge is -2.36. The van der Waals surface area contributed by atoms with Crippen LogP contribution in [0.5, 0.6) is 0 Å². The Morgan fingerprint density at radius 3 is 2.84 bits per heavy atom. The molecule has 140 valence electrons. The predicted molar refractivity (Wildman–Crippen MR) is 98.7 cm³/mol. The maximum absolute atomic E-state index is 12.4. The quantitative estimate of drug-likeness (QED) is 0.533. The molecule has 0 N–H and O–H groups in total. The Labute approximate surface area is 155 Å². The van der Waals surface area contributed by atoms with Crippen molar-refractivity contribution in [3.05, 3.63) is 29.0 Å². The van der Waals surface area contributed by atoms with Crippen LogP contribution < -0.4 is 0 Å². The number of aromatic nitrogens is 1. The van der Waals surface area contributed by atoms with Crippen LogP contribution in [0.4, 0.5) is 4.79 Å². The first-order valence-corrected chi connectivity index (χ1v) is 9.41. The van der Waals surface area contributed by atoms with Gasteiger partial charge in [0.2, 0.25) is 0 Å². The highest BCUT2D eigenvalue weighted by atomic mass is 35.5. The Bertz CT molecular complexity index is 543. The van der Waals surface area contributed by atoms with Crippen LogP contribution >= 0.6 is 11.6 Å². The minimum Gasteiger partial charge on any atom is -0.444 e. The molecule has 1 aliphatic rings. The molecular formula is C19H29ClN2O3. The zero-order valence-corrected chi connectivity index (χ0v) is 16.2. The number of nitrogens with zero attached hydrogens (tertiary/aromatic N) is 2. The highest BCUT2D eigenvalue weighted by Crippen LogP contribution is 2.23. The molecule has 0 aromatic carbocycles. The summed E-state index contributed by atoms with van der Waals surface area (Å²) in [5.74, 6) is 0. The summed E-state index contributed by atoms with van der Waals surface area (Å²) in [6, 6.07) is 3.94. The number of ether oxygens (including phenoxy) is 2. The number of halogens is 1. The van der Waals surface area contributed by atoms with E-state index in [2.05, 4.69) is 4.98 Å². The summed E-state index contributed by atoms with van der Waals surface area (Å²) in [6.45, 7) is 7.71. The van der Waals surface area contributed by atoms with Crippen LogP contribution in [0.15, 0.2) is 18.3 Å². The molecule has 1 amide bonds. The van der Waals surface area contributed by atoms with Crippen LogP contribution in [0.25, 0.3) is 0 Å². The Morgan fingerprint density at radius 1 is 1.36 bits per heavy atom. The molecule has 0 bridgehead atoms. The maximum atomic E-state index is 12.4. The van der Waals surface area contributed by atoms with Crippen molar-refractivity contribution in [1.82, 2.24) is 9.88 Å². The van der Waals surface area contributed by atoms with Gasteiger partial charge < -0.3 is 14.4 Å². The van der Waals surface area contributed by atoms with Gasteiger partial charge in [-0.25, -0.2) is 9.78 Å². The van der Waals surface area contributed by atoms with Crippen molar-refractivity contribution in [2.75, 3.05) is 13.2 Å². The molecule has 1 atom stereocenters. The number of piperidine rings is 1. The molecule has 1 fully saturated rings. The van der Waals surface area contributed by atoms with Gasteiger partial charge in [-0.3, -0.25) is 0 Å². The first kappa shape index (κ1) is 20.0. The molecule has 0 spiro atoms. The van der Waals surface area contributed by atoms with Crippen LogP contribution in [-0.4, -0.2) is 40.8 Å². The summed E-state index contributed by atoms with van der Waals surface area (Å²) < 4.78 is 11.2. The Balaban J connectivity index is 1.72. The third-order valence-corrected chi connectivity index (χ3v) is 4.36. The molecule has 0 unspecified atom stereocenters. The zero-order valence-electron chi connectivity index (χ0n) is 15.5. The topological polar surface area (TPSA) is 51.7 Å². The van der Waals surface area contributed by atoms with Gasteiger partial charge in [0.05, 0.1) is 6.61 Å². The number of amides is 1. The minimum atomic E-state index is -0.450. The molecule has 5 nitrogen and oxygen atoms in total. The second kappa shape index (κ2) is 9.39. The van der Waals surface area contributed by atoms with Gasteiger partial charge in [0.25, 0.3) is 0 Å². The fourth-order valence-electron chi connectivity index (χ4n) is 2.96. The van der Waals surface area contributed by atoms with Crippen molar-refractivity contribution in [3.8, 4) is 0 Å². The molecule has 0 saturated carbocycles. The van der Waals surface area contributed by atoms with E-state index in [4.69, 9.17) is 21.1 Å². The van der Waals surface area contributed by atoms with E-state index in [9.17, 15) is 4.79 Å². The minimum absolute atomic E-state index is 0.189. The first-order chi connectivity index (χ1) is 11.8. The standard InChI is InChI=1S/C19H29ClN2O3/c1-19(2,3)25-18(23)22-11-5-4-7-16(22)8-6-12-24-14-15-9-10-17(20)21-13-15/h9-10,13,16H,4-8,11-12,14H2,1-3H3/t16-/m1/s1. The molecular weight excluding hydrogens is 340 g/mol. The van der Waals surface area contributed by atoms with E-state index < -0.39 is 5.60 Å². The highest BCUT2D eigenvalue weighted by molar-refractivity contribution is 6.29. The third kappa shape index (κ3) is 7.20. The molecule has 0 radical (unpaired) electrons. The SMILES string of the molecule is CC(C)(C)OC(=O)N1CCCC[C@@H]1CCCOCc1ccc(Cl)nc1. The Kier molecular flexibility index (Phi) is 7.51. The number of hydrogen-bond acceptors (Lipinski definition) is 4. The third-order valence-electron chi connectivity index (χ3n) is 4.14. The predicted octanol–water partition coefficient (Wildman–Crippen LogP) is 4.82. The summed E-state index contributed by atoms with van der Waals surface area (Å²) in [7, 11) is 0. The fraction of sp³-hybridized carbons (Fsp3) is 0.684. The molecule has 25 heavy (non-hydrogen) atoms. The number of pyridine rings is 1. The summed E-state index contributed by atoms with van der Waals surface area (Å²) in [5, 5.41) is 0.489. The van der Waals surface area contributed by atoms with E-state index in [1.165, 1.54) is 6.42 Å². The normalized spacial score (nSPS) is 18.2. The lowest BCUT2D eigenvalue weighted by molar-refractivity contribution is 0.00726. The largest absolute Gasteiger partial charge is 0.444 e. The van der Waals surface area contributed by atoms with E-state index >= 15 is 0 Å². The smallest absolute Gasteiger partial charge is 0.410 e. The van der Waals surface area contributed by atoms with Gasteiger partial charge in [-0.05, 0) is 64.5 Å². The van der Waals surface area contributed by atoms with Gasteiger partial charge in [0.1, 0.15) is 10.8 Å². The van der Waals surface area contributed by atoms with Crippen LogP contribution in [0.3, 0.4) is 0 Å². The molecule has 2 heterocycles. The molecule has 2 rings (SSSR count). The van der Waals surface area contributed by atoms with E-state index in [-0.39, 0.29) is 12.1 Å². The Hall–Kier alpha value is -1.33. The van der Waals surface area contributed by atoms with Gasteiger partial charge in [-0.2, -0.15) is 0 Å². The molecule has 0 aliphatic carbocycles. The van der Waals surface area contributed by atoms with E-state index in [0.717, 1.165) is 37.8 Å². The fourth-order valence-corrected chi connectivity index (χ4v) is 3.08. The van der Waals surface area contributed by atoms with Crippen molar-refractivity contribution in [2.24, 2.45) is 0 Å². The van der Waals surface area contributed by atoms with Gasteiger partial charge in [-0.15, -0.1) is 0 Å². The van der Waals surface area contributed by atoms with Gasteiger partial charge in [-0.1, -0.05) is 17.7 Å². The number of rotatable bonds is 6. The van der Waals surface area contributed by atoms with Crippen molar-refractivity contribution >= 4 is 17.7 Å². The van der Waals surface area contributed by atoms with Crippen LogP contribution in [0, 0.1) is 0 Å². The number of carbonyl (C=O) groups is 1. The van der Waals surface area contributed by atoms with E-state index in [0.29, 0.717) is 18.4 Å². The number of likely N-dealkylation sites (tertiary alicyclic amines) is 1. The molecule has 1 saturated heterocycles. The molecule has 1 aromatic heterocycles. The first-order valence-electron chi connectivity index (χ1n) is 9.03. The van der Waals surface area contributed by atoms with Crippen molar-refractivity contribution in [1.29, 1.82) is 0 Å². The average molecular weight is 369 g/mol. The lowest BCUT2D eigenvalue weighted by Crippen LogP contribution is -2.46. The van der Waals surface area contributed by atoms with Crippen LogP contribution in [-0.2, 0) is 16.1 Å². The van der Waals surface area contributed by atoms with Crippen molar-refractivity contribution in [2.45, 2.75) is 71.1 Å². The van der Waals surface area contributed by atoms with E-state index in [1.807, 2.05) is 31.7 Å². The zero-order chi connectivity index (χ0) is 18.3. The summed E-state index contributed by atoms with van der Waals surface area (Å²) >= 11 is 5.77. The summed E-state index contributed by atoms with van der Waals surface area (Å²) in [4.78, 5) is 18.3. The maximum Gasteiger partial charge on any atom is 0.410 e. The van der Waals surface area contributed by atoms with Gasteiger partial charge >= 0.3 is 6.09 Å². The monoisotopic (exact) mass is 368 g/mol. The molecule has 1 aromatic rings. The molecule has 6 heteroatoms. The summed E-state index contributed by atoms with van der Waals surface area (Å²) in [6.07, 6.45) is 6.67. The number of carbonyl (C=O) groups excluding carboxylic acids is 1. The van der Waals surface area contributed by atoms with Gasteiger partial charge in [0.15, 0.2) is 0 Å². The highest BCUT2D eigenvalue weighted by Gasteiger charge is 2.29. The average Bonchev–Trinajstić information content (AvgIpc) is 2.55. The second-order valence-corrected chi connectivity index (χ2v) is 7.89. The van der Waals surface area contributed by atoms with E-state index in [1.54, 1.807) is 12.3 Å². The second-order valence-electron chi connectivity index (χ2n) is 7.51. The summed E-state index contributed by atoms with van der Waals surface area (Å²) in [5.41, 5.74) is 0.562. The Morgan fingerprint density at radius 2 is 2.16 bits per heavy atom. The van der Waals surface area contributed by atoms with Crippen molar-refractivity contribution < 1.29 is 14.3 Å². The van der Waals surface area contributed by atoms with Crippen LogP contribution in [0.2, 0.25) is 5.15 Å². The van der Waals surface area contributed by atoms with Crippen molar-refractivity contribution in [3.63, 3.8) is 0 Å². The van der Waals surface area contributed by atoms with Crippen LogP contribution in [0.1, 0.15) is 58.4 Å². The number of hydrogen-bond donors (Lipinski definition) is 0.